The highest BCUT2D eigenvalue weighted by Gasteiger charge is 2.43. The van der Waals surface area contributed by atoms with Crippen LogP contribution in [0.4, 0.5) is 0 Å². The van der Waals surface area contributed by atoms with E-state index in [0.29, 0.717) is 18.0 Å². The summed E-state index contributed by atoms with van der Waals surface area (Å²) in [6.45, 7) is 8.13. The van der Waals surface area contributed by atoms with Crippen LogP contribution in [0.2, 0.25) is 0 Å². The molecule has 6 heteroatoms. The van der Waals surface area contributed by atoms with E-state index in [2.05, 4.69) is 36.1 Å². The molecular formula is C21H36N6. The van der Waals surface area contributed by atoms with Gasteiger partial charge in [-0.15, -0.1) is 0 Å². The Hall–Kier alpha value is -1.59. The Balaban J connectivity index is 1.32. The molecule has 0 saturated heterocycles. The second-order valence-electron chi connectivity index (χ2n) is 8.97. The average Bonchev–Trinajstić information content (AvgIpc) is 3.29. The van der Waals surface area contributed by atoms with Crippen molar-refractivity contribution in [3.05, 3.63) is 11.6 Å². The molecule has 2 heterocycles. The molecule has 0 aromatic carbocycles. The Kier molecular flexibility index (Phi) is 5.69. The third-order valence-electron chi connectivity index (χ3n) is 6.47. The number of guanidine groups is 1. The van der Waals surface area contributed by atoms with Crippen LogP contribution in [-0.2, 0) is 13.0 Å². The summed E-state index contributed by atoms with van der Waals surface area (Å²) in [6, 6.07) is 1.01. The molecule has 1 aliphatic heterocycles. The number of aliphatic imine (C=N–C) groups is 1. The first-order valence-electron chi connectivity index (χ1n) is 11.1. The van der Waals surface area contributed by atoms with E-state index in [4.69, 9.17) is 15.1 Å². The predicted molar refractivity (Wildman–Crippen MR) is 109 cm³/mol. The highest BCUT2D eigenvalue weighted by atomic mass is 15.4. The van der Waals surface area contributed by atoms with Crippen molar-refractivity contribution < 1.29 is 0 Å². The van der Waals surface area contributed by atoms with Gasteiger partial charge in [-0.25, -0.2) is 9.67 Å². The summed E-state index contributed by atoms with van der Waals surface area (Å²) in [6.07, 6.45) is 10.6. The molecule has 2 fully saturated rings. The van der Waals surface area contributed by atoms with Crippen LogP contribution in [-0.4, -0.2) is 39.4 Å². The summed E-state index contributed by atoms with van der Waals surface area (Å²) >= 11 is 0. The van der Waals surface area contributed by atoms with Crippen molar-refractivity contribution in [1.82, 2.24) is 25.4 Å². The minimum absolute atomic E-state index is 0.379. The molecule has 0 amide bonds. The quantitative estimate of drug-likeness (QED) is 0.615. The van der Waals surface area contributed by atoms with Crippen molar-refractivity contribution >= 4 is 5.96 Å². The molecule has 2 saturated carbocycles. The van der Waals surface area contributed by atoms with Gasteiger partial charge in [-0.2, -0.15) is 5.10 Å². The Morgan fingerprint density at radius 2 is 2.00 bits per heavy atom. The number of fused-ring (bicyclic) bond motifs is 1. The first kappa shape index (κ1) is 18.8. The van der Waals surface area contributed by atoms with Crippen molar-refractivity contribution in [2.45, 2.75) is 96.7 Å². The normalized spacial score (nSPS) is 28.9. The summed E-state index contributed by atoms with van der Waals surface area (Å²) < 4.78 is 2.10. The molecule has 0 spiro atoms. The molecule has 4 rings (SSSR count). The SMILES string of the molecule is CCN=C(NC1CCc2nc(C(C)C)nn2C1)NC1CC1C1CCCCC1. The van der Waals surface area contributed by atoms with Crippen molar-refractivity contribution in [2.75, 3.05) is 6.54 Å². The van der Waals surface area contributed by atoms with Crippen molar-refractivity contribution in [3.63, 3.8) is 0 Å². The lowest BCUT2D eigenvalue weighted by molar-refractivity contribution is 0.315. The third kappa shape index (κ3) is 4.46. The predicted octanol–water partition coefficient (Wildman–Crippen LogP) is 3.24. The van der Waals surface area contributed by atoms with Gasteiger partial charge in [-0.3, -0.25) is 4.99 Å². The van der Waals surface area contributed by atoms with Gasteiger partial charge in [-0.05, 0) is 31.6 Å². The van der Waals surface area contributed by atoms with Crippen LogP contribution in [0.5, 0.6) is 0 Å². The molecule has 6 nitrogen and oxygen atoms in total. The Bertz CT molecular complexity index is 658. The van der Waals surface area contributed by atoms with Crippen molar-refractivity contribution in [3.8, 4) is 0 Å². The largest absolute Gasteiger partial charge is 0.353 e. The fraction of sp³-hybridized carbons (Fsp3) is 0.857. The second kappa shape index (κ2) is 8.19. The van der Waals surface area contributed by atoms with E-state index in [0.717, 1.165) is 55.4 Å². The number of aromatic nitrogens is 3. The first-order chi connectivity index (χ1) is 13.1. The van der Waals surface area contributed by atoms with E-state index in [1.54, 1.807) is 0 Å². The summed E-state index contributed by atoms with van der Waals surface area (Å²) in [5.74, 6) is 5.31. The van der Waals surface area contributed by atoms with Crippen molar-refractivity contribution in [2.24, 2.45) is 16.8 Å². The average molecular weight is 373 g/mol. The summed E-state index contributed by atoms with van der Waals surface area (Å²) in [7, 11) is 0. The lowest BCUT2D eigenvalue weighted by atomic mass is 9.85. The summed E-state index contributed by atoms with van der Waals surface area (Å²) in [5, 5.41) is 12.1. The smallest absolute Gasteiger partial charge is 0.191 e. The zero-order chi connectivity index (χ0) is 18.8. The van der Waals surface area contributed by atoms with Crippen LogP contribution in [0.25, 0.3) is 0 Å². The molecule has 150 valence electrons. The molecule has 1 aromatic heterocycles. The van der Waals surface area contributed by atoms with E-state index >= 15 is 0 Å². The molecule has 0 bridgehead atoms. The lowest BCUT2D eigenvalue weighted by Crippen LogP contribution is -2.48. The van der Waals surface area contributed by atoms with Gasteiger partial charge in [0.2, 0.25) is 0 Å². The van der Waals surface area contributed by atoms with Gasteiger partial charge in [0.05, 0.1) is 6.54 Å². The van der Waals surface area contributed by atoms with Crippen LogP contribution >= 0.6 is 0 Å². The monoisotopic (exact) mass is 372 g/mol. The van der Waals surface area contributed by atoms with Crippen LogP contribution in [0.3, 0.4) is 0 Å². The first-order valence-corrected chi connectivity index (χ1v) is 11.1. The zero-order valence-corrected chi connectivity index (χ0v) is 17.2. The van der Waals surface area contributed by atoms with Gasteiger partial charge in [0, 0.05) is 31.0 Å². The van der Waals surface area contributed by atoms with Crippen LogP contribution in [0.1, 0.15) is 83.3 Å². The minimum atomic E-state index is 0.379. The highest BCUT2D eigenvalue weighted by Crippen LogP contribution is 2.44. The summed E-state index contributed by atoms with van der Waals surface area (Å²) in [4.78, 5) is 9.42. The number of rotatable bonds is 5. The van der Waals surface area contributed by atoms with Crippen LogP contribution in [0, 0.1) is 11.8 Å². The van der Waals surface area contributed by atoms with Gasteiger partial charge in [0.1, 0.15) is 5.82 Å². The topological polar surface area (TPSA) is 67.1 Å². The zero-order valence-electron chi connectivity index (χ0n) is 17.2. The van der Waals surface area contributed by atoms with Crippen molar-refractivity contribution in [1.29, 1.82) is 0 Å². The molecule has 3 aliphatic rings. The molecule has 3 unspecified atom stereocenters. The van der Waals surface area contributed by atoms with Gasteiger partial charge < -0.3 is 10.6 Å². The van der Waals surface area contributed by atoms with E-state index in [1.807, 2.05) is 0 Å². The van der Waals surface area contributed by atoms with Crippen LogP contribution < -0.4 is 10.6 Å². The Morgan fingerprint density at radius 1 is 1.19 bits per heavy atom. The fourth-order valence-electron chi connectivity index (χ4n) is 4.81. The Morgan fingerprint density at radius 3 is 2.74 bits per heavy atom. The molecule has 2 aliphatic carbocycles. The second-order valence-corrected chi connectivity index (χ2v) is 8.97. The molecule has 1 aromatic rings. The van der Waals surface area contributed by atoms with Gasteiger partial charge in [0.25, 0.3) is 0 Å². The van der Waals surface area contributed by atoms with E-state index in [1.165, 1.54) is 38.5 Å². The van der Waals surface area contributed by atoms with E-state index < -0.39 is 0 Å². The van der Waals surface area contributed by atoms with E-state index in [-0.39, 0.29) is 0 Å². The number of nitrogens with zero attached hydrogens (tertiary/aromatic N) is 4. The maximum Gasteiger partial charge on any atom is 0.191 e. The Labute approximate surface area is 163 Å². The third-order valence-corrected chi connectivity index (χ3v) is 6.47. The molecular weight excluding hydrogens is 336 g/mol. The number of aryl methyl sites for hydroxylation is 1. The minimum Gasteiger partial charge on any atom is -0.353 e. The molecule has 0 radical (unpaired) electrons. The van der Waals surface area contributed by atoms with Gasteiger partial charge in [-0.1, -0.05) is 46.0 Å². The standard InChI is InChI=1S/C21H36N6/c1-4-22-21(24-18-12-17(18)15-8-6-5-7-9-15)23-16-10-11-19-25-20(14(2)3)26-27(19)13-16/h14-18H,4-13H2,1-3H3,(H2,22,23,24). The highest BCUT2D eigenvalue weighted by molar-refractivity contribution is 5.80. The molecule has 3 atom stereocenters. The number of nitrogens with one attached hydrogen (secondary N) is 2. The lowest BCUT2D eigenvalue weighted by Gasteiger charge is -2.26. The van der Waals surface area contributed by atoms with E-state index in [9.17, 15) is 0 Å². The maximum atomic E-state index is 4.72. The molecule has 27 heavy (non-hydrogen) atoms. The number of hydrogen-bond acceptors (Lipinski definition) is 3. The molecule has 2 N–H and O–H groups in total. The van der Waals surface area contributed by atoms with Gasteiger partial charge in [0.15, 0.2) is 11.8 Å². The van der Waals surface area contributed by atoms with Crippen LogP contribution in [0.15, 0.2) is 4.99 Å². The number of hydrogen-bond donors (Lipinski definition) is 2. The van der Waals surface area contributed by atoms with Gasteiger partial charge >= 0.3 is 0 Å². The summed E-state index contributed by atoms with van der Waals surface area (Å²) in [5.41, 5.74) is 0. The maximum absolute atomic E-state index is 4.72. The fourth-order valence-corrected chi connectivity index (χ4v) is 4.81.